The lowest BCUT2D eigenvalue weighted by Gasteiger charge is -2.26. The summed E-state index contributed by atoms with van der Waals surface area (Å²) >= 11 is 0. The average molecular weight is 254 g/mol. The van der Waals surface area contributed by atoms with Gasteiger partial charge in [0.1, 0.15) is 0 Å². The van der Waals surface area contributed by atoms with Gasteiger partial charge in [-0.3, -0.25) is 4.79 Å². The molecule has 0 aromatic carbocycles. The number of amides is 1. The first-order chi connectivity index (χ1) is 8.56. The van der Waals surface area contributed by atoms with E-state index in [2.05, 4.69) is 13.8 Å². The number of hydrogen-bond acceptors (Lipinski definition) is 2. The van der Waals surface area contributed by atoms with E-state index in [1.54, 1.807) is 0 Å². The lowest BCUT2D eigenvalue weighted by molar-refractivity contribution is -0.132. The van der Waals surface area contributed by atoms with E-state index in [9.17, 15) is 4.79 Å². The van der Waals surface area contributed by atoms with E-state index in [0.717, 1.165) is 19.4 Å². The largest absolute Gasteiger partial charge is 0.343 e. The second-order valence-corrected chi connectivity index (χ2v) is 6.06. The maximum absolute atomic E-state index is 12.2. The minimum absolute atomic E-state index is 0.324. The topological polar surface area (TPSA) is 46.3 Å². The summed E-state index contributed by atoms with van der Waals surface area (Å²) in [5, 5.41) is 0. The molecule has 0 heterocycles. The summed E-state index contributed by atoms with van der Waals surface area (Å²) in [6.45, 7) is 5.19. The molecule has 0 bridgehead atoms. The van der Waals surface area contributed by atoms with Gasteiger partial charge in [-0.05, 0) is 44.1 Å². The van der Waals surface area contributed by atoms with Crippen LogP contribution in [0.3, 0.4) is 0 Å². The van der Waals surface area contributed by atoms with Gasteiger partial charge in [-0.2, -0.15) is 0 Å². The maximum atomic E-state index is 12.2. The number of carbonyl (C=O) groups excluding carboxylic acids is 1. The van der Waals surface area contributed by atoms with Crippen molar-refractivity contribution in [2.45, 2.75) is 64.8 Å². The molecule has 18 heavy (non-hydrogen) atoms. The number of nitrogens with zero attached hydrogens (tertiary/aromatic N) is 1. The average Bonchev–Trinajstić information content (AvgIpc) is 2.86. The molecule has 0 saturated heterocycles. The van der Waals surface area contributed by atoms with Crippen molar-refractivity contribution < 1.29 is 4.79 Å². The molecule has 0 aromatic rings. The molecular weight excluding hydrogens is 224 g/mol. The zero-order valence-corrected chi connectivity index (χ0v) is 12.3. The van der Waals surface area contributed by atoms with Crippen molar-refractivity contribution >= 4 is 5.91 Å². The van der Waals surface area contributed by atoms with Gasteiger partial charge in [0.2, 0.25) is 5.91 Å². The quantitative estimate of drug-likeness (QED) is 0.759. The second kappa shape index (κ2) is 7.78. The monoisotopic (exact) mass is 254 g/mol. The lowest BCUT2D eigenvalue weighted by Crippen LogP contribution is -2.35. The molecule has 0 spiro atoms. The summed E-state index contributed by atoms with van der Waals surface area (Å²) in [6, 6.07) is 0.504. The maximum Gasteiger partial charge on any atom is 0.222 e. The Labute approximate surface area is 112 Å². The molecule has 2 N–H and O–H groups in total. The third-order valence-corrected chi connectivity index (χ3v) is 4.48. The highest BCUT2D eigenvalue weighted by Crippen LogP contribution is 2.25. The van der Waals surface area contributed by atoms with Gasteiger partial charge in [0, 0.05) is 19.5 Å². The van der Waals surface area contributed by atoms with Crippen molar-refractivity contribution in [3.8, 4) is 0 Å². The fraction of sp³-hybridized carbons (Fsp3) is 0.933. The Kier molecular flexibility index (Phi) is 6.69. The van der Waals surface area contributed by atoms with E-state index in [0.29, 0.717) is 30.2 Å². The Hall–Kier alpha value is -0.570. The van der Waals surface area contributed by atoms with E-state index in [1.807, 2.05) is 11.9 Å². The van der Waals surface area contributed by atoms with Crippen LogP contribution in [0, 0.1) is 11.8 Å². The summed E-state index contributed by atoms with van der Waals surface area (Å²) in [5.74, 6) is 1.54. The highest BCUT2D eigenvalue weighted by Gasteiger charge is 2.24. The van der Waals surface area contributed by atoms with Crippen molar-refractivity contribution in [1.29, 1.82) is 0 Å². The third-order valence-electron chi connectivity index (χ3n) is 4.48. The minimum Gasteiger partial charge on any atom is -0.343 e. The molecule has 1 fully saturated rings. The smallest absolute Gasteiger partial charge is 0.222 e. The van der Waals surface area contributed by atoms with Gasteiger partial charge in [-0.1, -0.05) is 26.7 Å². The zero-order valence-electron chi connectivity index (χ0n) is 12.3. The lowest BCUT2D eigenvalue weighted by atomic mass is 9.88. The first-order valence-corrected chi connectivity index (χ1v) is 7.52. The predicted octanol–water partition coefficient (Wildman–Crippen LogP) is 2.79. The molecule has 1 atom stereocenters. The SMILES string of the molecule is CC(C)C(CCN)CCC(=O)N(C)C1CCCC1. The normalized spacial score (nSPS) is 18.3. The molecule has 1 saturated carbocycles. The van der Waals surface area contributed by atoms with Crippen LogP contribution in [0.2, 0.25) is 0 Å². The van der Waals surface area contributed by atoms with Gasteiger partial charge >= 0.3 is 0 Å². The minimum atomic E-state index is 0.324. The predicted molar refractivity (Wildman–Crippen MR) is 76.3 cm³/mol. The molecule has 3 nitrogen and oxygen atoms in total. The van der Waals surface area contributed by atoms with Gasteiger partial charge < -0.3 is 10.6 Å². The van der Waals surface area contributed by atoms with E-state index >= 15 is 0 Å². The van der Waals surface area contributed by atoms with Gasteiger partial charge in [0.05, 0.1) is 0 Å². The van der Waals surface area contributed by atoms with Crippen LogP contribution >= 0.6 is 0 Å². The molecule has 0 aliphatic heterocycles. The molecule has 0 aromatic heterocycles. The van der Waals surface area contributed by atoms with Gasteiger partial charge in [-0.15, -0.1) is 0 Å². The van der Waals surface area contributed by atoms with Crippen LogP contribution in [0.1, 0.15) is 58.8 Å². The first kappa shape index (κ1) is 15.5. The van der Waals surface area contributed by atoms with Crippen LogP contribution in [0.4, 0.5) is 0 Å². The molecular formula is C15H30N2O. The summed E-state index contributed by atoms with van der Waals surface area (Å²) in [5.41, 5.74) is 5.64. The summed E-state index contributed by atoms with van der Waals surface area (Å²) in [6.07, 6.45) is 7.67. The summed E-state index contributed by atoms with van der Waals surface area (Å²) in [7, 11) is 1.98. The van der Waals surface area contributed by atoms with E-state index in [1.165, 1.54) is 25.7 Å². The Morgan fingerprint density at radius 3 is 2.39 bits per heavy atom. The standard InChI is InChI=1S/C15H30N2O/c1-12(2)13(10-11-16)8-9-15(18)17(3)14-6-4-5-7-14/h12-14H,4-11,16H2,1-3H3. The molecule has 106 valence electrons. The van der Waals surface area contributed by atoms with Crippen LogP contribution in [0.15, 0.2) is 0 Å². The van der Waals surface area contributed by atoms with Crippen LogP contribution in [0.25, 0.3) is 0 Å². The molecule has 0 radical (unpaired) electrons. The molecule has 1 unspecified atom stereocenters. The van der Waals surface area contributed by atoms with Crippen LogP contribution in [-0.4, -0.2) is 30.4 Å². The molecule has 1 aliphatic rings. The number of rotatable bonds is 7. The van der Waals surface area contributed by atoms with Gasteiger partial charge in [0.15, 0.2) is 0 Å². The Bertz CT molecular complexity index is 247. The molecule has 1 amide bonds. The zero-order chi connectivity index (χ0) is 13.5. The fourth-order valence-corrected chi connectivity index (χ4v) is 3.01. The Morgan fingerprint density at radius 2 is 1.89 bits per heavy atom. The highest BCUT2D eigenvalue weighted by atomic mass is 16.2. The van der Waals surface area contributed by atoms with Crippen LogP contribution < -0.4 is 5.73 Å². The van der Waals surface area contributed by atoms with E-state index < -0.39 is 0 Å². The van der Waals surface area contributed by atoms with Crippen molar-refractivity contribution in [2.75, 3.05) is 13.6 Å². The summed E-state index contributed by atoms with van der Waals surface area (Å²) in [4.78, 5) is 14.1. The number of hydrogen-bond donors (Lipinski definition) is 1. The van der Waals surface area contributed by atoms with Crippen molar-refractivity contribution in [2.24, 2.45) is 17.6 Å². The van der Waals surface area contributed by atoms with Crippen LogP contribution in [-0.2, 0) is 4.79 Å². The third kappa shape index (κ3) is 4.60. The van der Waals surface area contributed by atoms with Crippen molar-refractivity contribution in [1.82, 2.24) is 4.90 Å². The number of carbonyl (C=O) groups is 1. The second-order valence-electron chi connectivity index (χ2n) is 6.06. The van der Waals surface area contributed by atoms with Gasteiger partial charge in [-0.25, -0.2) is 0 Å². The van der Waals surface area contributed by atoms with Crippen molar-refractivity contribution in [3.63, 3.8) is 0 Å². The van der Waals surface area contributed by atoms with Crippen molar-refractivity contribution in [3.05, 3.63) is 0 Å². The van der Waals surface area contributed by atoms with Gasteiger partial charge in [0.25, 0.3) is 0 Å². The van der Waals surface area contributed by atoms with E-state index in [-0.39, 0.29) is 0 Å². The van der Waals surface area contributed by atoms with E-state index in [4.69, 9.17) is 5.73 Å². The van der Waals surface area contributed by atoms with Crippen LogP contribution in [0.5, 0.6) is 0 Å². The molecule has 1 rings (SSSR count). The highest BCUT2D eigenvalue weighted by molar-refractivity contribution is 5.76. The Balaban J connectivity index is 2.34. The summed E-state index contributed by atoms with van der Waals surface area (Å²) < 4.78 is 0. The molecule has 1 aliphatic carbocycles. The first-order valence-electron chi connectivity index (χ1n) is 7.52. The molecule has 3 heteroatoms. The Morgan fingerprint density at radius 1 is 1.28 bits per heavy atom. The number of nitrogens with two attached hydrogens (primary N) is 1. The fourth-order valence-electron chi connectivity index (χ4n) is 3.01.